The van der Waals surface area contributed by atoms with Gasteiger partial charge in [0.1, 0.15) is 11.6 Å². The van der Waals surface area contributed by atoms with Gasteiger partial charge in [-0.15, -0.1) is 0 Å². The van der Waals surface area contributed by atoms with E-state index in [9.17, 15) is 9.59 Å². The number of carbonyl (C=O) groups is 2. The number of amides is 1. The molecule has 1 atom stereocenters. The van der Waals surface area contributed by atoms with Gasteiger partial charge in [0.15, 0.2) is 6.07 Å². The smallest absolute Gasteiger partial charge is 0.408 e. The molecule has 118 valence electrons. The largest absolute Gasteiger partial charge is 0.448 e. The minimum atomic E-state index is -0.708. The lowest BCUT2D eigenvalue weighted by Gasteiger charge is -2.22. The molecule has 0 aliphatic heterocycles. The summed E-state index contributed by atoms with van der Waals surface area (Å²) in [6.07, 6.45) is 3.96. The molecule has 0 unspecified atom stereocenters. The standard InChI is InChI=1S/C14H26ClNO4/c1-5-6-7-8-9-11(12(17)19-10-15)16-13(18)20-14(2,3)4/h11H,5-10H2,1-4H3,(H,16,18)/t11-/m0/s1. The second kappa shape index (κ2) is 9.86. The Morgan fingerprint density at radius 2 is 1.85 bits per heavy atom. The minimum Gasteiger partial charge on any atom is -0.448 e. The van der Waals surface area contributed by atoms with E-state index in [1.807, 2.05) is 0 Å². The highest BCUT2D eigenvalue weighted by atomic mass is 35.5. The van der Waals surface area contributed by atoms with Gasteiger partial charge in [-0.25, -0.2) is 9.59 Å². The van der Waals surface area contributed by atoms with E-state index in [0.717, 1.165) is 25.7 Å². The van der Waals surface area contributed by atoms with E-state index >= 15 is 0 Å². The molecule has 0 bridgehead atoms. The van der Waals surface area contributed by atoms with Crippen LogP contribution in [0.5, 0.6) is 0 Å². The number of esters is 1. The van der Waals surface area contributed by atoms with Crippen molar-refractivity contribution >= 4 is 23.7 Å². The number of carbonyl (C=O) groups excluding carboxylic acids is 2. The fraction of sp³-hybridized carbons (Fsp3) is 0.857. The van der Waals surface area contributed by atoms with Gasteiger partial charge in [-0.05, 0) is 27.2 Å². The molecule has 0 spiro atoms. The Kier molecular flexibility index (Phi) is 9.38. The first-order valence-electron chi connectivity index (χ1n) is 7.02. The van der Waals surface area contributed by atoms with Crippen LogP contribution in [0.2, 0.25) is 0 Å². The van der Waals surface area contributed by atoms with E-state index in [1.54, 1.807) is 20.8 Å². The van der Waals surface area contributed by atoms with Crippen molar-refractivity contribution in [2.75, 3.05) is 6.07 Å². The van der Waals surface area contributed by atoms with E-state index < -0.39 is 23.7 Å². The summed E-state index contributed by atoms with van der Waals surface area (Å²) in [5.41, 5.74) is -0.604. The second-order valence-corrected chi connectivity index (χ2v) is 5.84. The maximum absolute atomic E-state index is 11.7. The van der Waals surface area contributed by atoms with Gasteiger partial charge in [0.25, 0.3) is 0 Å². The number of halogens is 1. The van der Waals surface area contributed by atoms with Gasteiger partial charge >= 0.3 is 12.1 Å². The minimum absolute atomic E-state index is 0.222. The summed E-state index contributed by atoms with van der Waals surface area (Å²) >= 11 is 5.38. The number of hydrogen-bond donors (Lipinski definition) is 1. The zero-order valence-electron chi connectivity index (χ0n) is 12.8. The van der Waals surface area contributed by atoms with Crippen LogP contribution in [0.1, 0.15) is 59.8 Å². The lowest BCUT2D eigenvalue weighted by atomic mass is 10.1. The van der Waals surface area contributed by atoms with Crippen molar-refractivity contribution in [2.24, 2.45) is 0 Å². The Balaban J connectivity index is 4.37. The molecule has 1 N–H and O–H groups in total. The van der Waals surface area contributed by atoms with E-state index in [0.29, 0.717) is 6.42 Å². The van der Waals surface area contributed by atoms with Gasteiger partial charge < -0.3 is 14.8 Å². The molecule has 0 saturated carbocycles. The number of alkyl halides is 1. The fourth-order valence-corrected chi connectivity index (χ4v) is 1.74. The Morgan fingerprint density at radius 3 is 2.35 bits per heavy atom. The zero-order valence-corrected chi connectivity index (χ0v) is 13.6. The fourth-order valence-electron chi connectivity index (χ4n) is 1.63. The number of rotatable bonds is 8. The molecule has 0 aromatic rings. The van der Waals surface area contributed by atoms with Crippen LogP contribution in [-0.4, -0.2) is 29.8 Å². The lowest BCUT2D eigenvalue weighted by Crippen LogP contribution is -2.44. The average molecular weight is 308 g/mol. The molecule has 20 heavy (non-hydrogen) atoms. The Labute approximate surface area is 126 Å². The van der Waals surface area contributed by atoms with Crippen molar-refractivity contribution in [1.82, 2.24) is 5.32 Å². The molecule has 5 nitrogen and oxygen atoms in total. The van der Waals surface area contributed by atoms with Crippen LogP contribution < -0.4 is 5.32 Å². The van der Waals surface area contributed by atoms with Crippen LogP contribution in [0.3, 0.4) is 0 Å². The Hall–Kier alpha value is -0.970. The second-order valence-electron chi connectivity index (χ2n) is 5.62. The van der Waals surface area contributed by atoms with Crippen molar-refractivity contribution in [2.45, 2.75) is 71.4 Å². The summed E-state index contributed by atoms with van der Waals surface area (Å²) in [6.45, 7) is 7.40. The number of ether oxygens (including phenoxy) is 2. The first-order chi connectivity index (χ1) is 9.30. The molecule has 0 aliphatic carbocycles. The summed E-state index contributed by atoms with van der Waals surface area (Å²) < 4.78 is 9.88. The molecule has 6 heteroatoms. The monoisotopic (exact) mass is 307 g/mol. The van der Waals surface area contributed by atoms with Gasteiger partial charge in [0.05, 0.1) is 0 Å². The zero-order chi connectivity index (χ0) is 15.6. The quantitative estimate of drug-likeness (QED) is 0.423. The van der Waals surface area contributed by atoms with Crippen LogP contribution in [-0.2, 0) is 14.3 Å². The summed E-state index contributed by atoms with van der Waals surface area (Å²) in [6, 6.07) is -0.930. The van der Waals surface area contributed by atoms with Crippen LogP contribution in [0, 0.1) is 0 Å². The van der Waals surface area contributed by atoms with Crippen molar-refractivity contribution in [3.05, 3.63) is 0 Å². The predicted molar refractivity (Wildman–Crippen MR) is 78.7 cm³/mol. The lowest BCUT2D eigenvalue weighted by molar-refractivity contribution is -0.144. The molecule has 0 saturated heterocycles. The van der Waals surface area contributed by atoms with Crippen LogP contribution in [0.25, 0.3) is 0 Å². The van der Waals surface area contributed by atoms with E-state index in [1.165, 1.54) is 0 Å². The van der Waals surface area contributed by atoms with Crippen LogP contribution in [0.15, 0.2) is 0 Å². The summed E-state index contributed by atoms with van der Waals surface area (Å²) in [5.74, 6) is -0.526. The molecule has 0 radical (unpaired) electrons. The summed E-state index contributed by atoms with van der Waals surface area (Å²) in [4.78, 5) is 23.4. The van der Waals surface area contributed by atoms with Crippen LogP contribution in [0.4, 0.5) is 4.79 Å². The van der Waals surface area contributed by atoms with Gasteiger partial charge in [0.2, 0.25) is 0 Å². The topological polar surface area (TPSA) is 64.6 Å². The SMILES string of the molecule is CCCCCC[C@H](NC(=O)OC(C)(C)C)C(=O)OCCl. The summed E-state index contributed by atoms with van der Waals surface area (Å²) in [5, 5.41) is 2.54. The van der Waals surface area contributed by atoms with E-state index in [4.69, 9.17) is 21.1 Å². The third-order valence-corrected chi connectivity index (χ3v) is 2.63. The van der Waals surface area contributed by atoms with Gasteiger partial charge in [-0.1, -0.05) is 44.2 Å². The third-order valence-electron chi connectivity index (χ3n) is 2.52. The number of nitrogens with one attached hydrogen (secondary N) is 1. The van der Waals surface area contributed by atoms with Crippen molar-refractivity contribution < 1.29 is 19.1 Å². The maximum Gasteiger partial charge on any atom is 0.408 e. The molecule has 0 aromatic carbocycles. The van der Waals surface area contributed by atoms with Gasteiger partial charge in [0, 0.05) is 0 Å². The molecule has 0 fully saturated rings. The highest BCUT2D eigenvalue weighted by molar-refractivity contribution is 6.17. The van der Waals surface area contributed by atoms with Crippen molar-refractivity contribution in [3.8, 4) is 0 Å². The Morgan fingerprint density at radius 1 is 1.20 bits per heavy atom. The van der Waals surface area contributed by atoms with E-state index in [2.05, 4.69) is 12.2 Å². The molecule has 1 amide bonds. The normalized spacial score (nSPS) is 12.7. The molecular weight excluding hydrogens is 282 g/mol. The van der Waals surface area contributed by atoms with Crippen molar-refractivity contribution in [1.29, 1.82) is 0 Å². The molecule has 0 aliphatic rings. The highest BCUT2D eigenvalue weighted by Gasteiger charge is 2.24. The first kappa shape index (κ1) is 19.0. The van der Waals surface area contributed by atoms with Crippen molar-refractivity contribution in [3.63, 3.8) is 0 Å². The summed E-state index contributed by atoms with van der Waals surface area (Å²) in [7, 11) is 0. The highest BCUT2D eigenvalue weighted by Crippen LogP contribution is 2.10. The van der Waals surface area contributed by atoms with Gasteiger partial charge in [-0.3, -0.25) is 0 Å². The molecule has 0 heterocycles. The number of hydrogen-bond acceptors (Lipinski definition) is 4. The average Bonchev–Trinajstić information content (AvgIpc) is 2.31. The Bertz CT molecular complexity index is 302. The molecule has 0 rings (SSSR count). The maximum atomic E-state index is 11.7. The van der Waals surface area contributed by atoms with E-state index in [-0.39, 0.29) is 6.07 Å². The first-order valence-corrected chi connectivity index (χ1v) is 7.55. The van der Waals surface area contributed by atoms with Gasteiger partial charge in [-0.2, -0.15) is 0 Å². The third kappa shape index (κ3) is 9.89. The predicted octanol–water partition coefficient (Wildman–Crippen LogP) is 3.59. The number of alkyl carbamates (subject to hydrolysis) is 1. The molecule has 0 aromatic heterocycles. The van der Waals surface area contributed by atoms with Crippen LogP contribution >= 0.6 is 11.6 Å². The number of unbranched alkanes of at least 4 members (excludes halogenated alkanes) is 3. The molecular formula is C14H26ClNO4.